The minimum atomic E-state index is -0.521. The van der Waals surface area contributed by atoms with Gasteiger partial charge in [0.25, 0.3) is 5.91 Å². The average molecular weight is 356 g/mol. The standard InChI is InChI=1S/C19H24N4O3/c24-17(15-4-1-12-7-20-21-16(12)15)22-8-14-3-2-13(22)9-23(14)18(25)19-5-11(6-19)10-26-19/h7,11,13-15H,1-6,8-10H2,(H,20,21). The highest BCUT2D eigenvalue weighted by atomic mass is 16.5. The first-order valence-electron chi connectivity index (χ1n) is 9.92. The van der Waals surface area contributed by atoms with Gasteiger partial charge in [-0.2, -0.15) is 5.10 Å². The van der Waals surface area contributed by atoms with Crippen molar-refractivity contribution >= 4 is 11.8 Å². The van der Waals surface area contributed by atoms with E-state index in [9.17, 15) is 9.59 Å². The quantitative estimate of drug-likeness (QED) is 0.851. The summed E-state index contributed by atoms with van der Waals surface area (Å²) in [5.74, 6) is 0.906. The maximum absolute atomic E-state index is 13.2. The number of rotatable bonds is 2. The molecule has 1 saturated carbocycles. The summed E-state index contributed by atoms with van der Waals surface area (Å²) in [4.78, 5) is 30.4. The van der Waals surface area contributed by atoms with Gasteiger partial charge in [-0.1, -0.05) is 0 Å². The maximum Gasteiger partial charge on any atom is 0.255 e. The third-order valence-electron chi connectivity index (χ3n) is 7.40. The Morgan fingerprint density at radius 3 is 2.62 bits per heavy atom. The van der Waals surface area contributed by atoms with Crippen LogP contribution in [0.5, 0.6) is 0 Å². The molecule has 3 atom stereocenters. The van der Waals surface area contributed by atoms with E-state index in [2.05, 4.69) is 15.1 Å². The fourth-order valence-corrected chi connectivity index (χ4v) is 5.94. The Morgan fingerprint density at radius 1 is 1.15 bits per heavy atom. The normalized spacial score (nSPS) is 39.8. The molecule has 2 amide bonds. The SMILES string of the molecule is O=C(C1CCc2cn[nH]c21)N1CC2CCC1CN2C(=O)C12CC(CO1)C2. The number of amides is 2. The number of H-pyrrole nitrogens is 1. The van der Waals surface area contributed by atoms with Gasteiger partial charge in [-0.05, 0) is 50.0 Å². The number of nitrogens with zero attached hydrogens (tertiary/aromatic N) is 3. The van der Waals surface area contributed by atoms with Gasteiger partial charge in [-0.25, -0.2) is 0 Å². The smallest absolute Gasteiger partial charge is 0.255 e. The van der Waals surface area contributed by atoms with Crippen molar-refractivity contribution < 1.29 is 14.3 Å². The van der Waals surface area contributed by atoms with Crippen LogP contribution in [-0.2, 0) is 20.7 Å². The predicted molar refractivity (Wildman–Crippen MR) is 91.3 cm³/mol. The highest BCUT2D eigenvalue weighted by molar-refractivity contribution is 5.89. The Labute approximate surface area is 152 Å². The van der Waals surface area contributed by atoms with E-state index in [-0.39, 0.29) is 29.8 Å². The first-order valence-corrected chi connectivity index (χ1v) is 9.92. The third kappa shape index (κ3) is 1.89. The second-order valence-corrected chi connectivity index (χ2v) is 8.81. The van der Waals surface area contributed by atoms with Crippen LogP contribution in [0.4, 0.5) is 0 Å². The molecule has 6 fully saturated rings. The lowest BCUT2D eigenvalue weighted by Crippen LogP contribution is -2.68. The third-order valence-corrected chi connectivity index (χ3v) is 7.40. The molecule has 4 bridgehead atoms. The molecular weight excluding hydrogens is 332 g/mol. The first kappa shape index (κ1) is 15.2. The number of nitrogens with one attached hydrogen (secondary N) is 1. The molecule has 2 aliphatic carbocycles. The first-order chi connectivity index (χ1) is 12.6. The highest BCUT2D eigenvalue weighted by Crippen LogP contribution is 2.50. The summed E-state index contributed by atoms with van der Waals surface area (Å²) in [5.41, 5.74) is 1.66. The van der Waals surface area contributed by atoms with Crippen LogP contribution in [0.1, 0.15) is 49.3 Å². The number of piperidine rings is 2. The zero-order valence-electron chi connectivity index (χ0n) is 14.8. The van der Waals surface area contributed by atoms with E-state index in [1.807, 2.05) is 11.1 Å². The molecule has 1 aromatic heterocycles. The number of aryl methyl sites for hydroxylation is 1. The van der Waals surface area contributed by atoms with Crippen molar-refractivity contribution in [2.24, 2.45) is 5.92 Å². The monoisotopic (exact) mass is 356 g/mol. The van der Waals surface area contributed by atoms with Gasteiger partial charge in [-0.15, -0.1) is 0 Å². The van der Waals surface area contributed by atoms with Gasteiger partial charge in [0.2, 0.25) is 5.91 Å². The summed E-state index contributed by atoms with van der Waals surface area (Å²) in [5, 5.41) is 7.13. The molecule has 6 heterocycles. The van der Waals surface area contributed by atoms with Gasteiger partial charge in [-0.3, -0.25) is 14.7 Å². The number of piperazine rings is 1. The molecule has 1 N–H and O–H groups in total. The summed E-state index contributed by atoms with van der Waals surface area (Å²) in [7, 11) is 0. The Morgan fingerprint density at radius 2 is 1.92 bits per heavy atom. The number of carbonyl (C=O) groups excluding carboxylic acids is 2. The highest BCUT2D eigenvalue weighted by Gasteiger charge is 2.60. The van der Waals surface area contributed by atoms with E-state index < -0.39 is 5.60 Å². The molecule has 5 saturated heterocycles. The number of aromatic nitrogens is 2. The largest absolute Gasteiger partial charge is 0.365 e. The molecule has 1 aromatic rings. The van der Waals surface area contributed by atoms with Crippen molar-refractivity contribution in [3.63, 3.8) is 0 Å². The van der Waals surface area contributed by atoms with Crippen LogP contribution in [0.3, 0.4) is 0 Å². The van der Waals surface area contributed by atoms with E-state index in [0.29, 0.717) is 19.0 Å². The maximum atomic E-state index is 13.2. The van der Waals surface area contributed by atoms with Gasteiger partial charge < -0.3 is 14.5 Å². The second-order valence-electron chi connectivity index (χ2n) is 8.81. The topological polar surface area (TPSA) is 78.5 Å². The number of hydrogen-bond acceptors (Lipinski definition) is 4. The van der Waals surface area contributed by atoms with Gasteiger partial charge >= 0.3 is 0 Å². The van der Waals surface area contributed by atoms with Gasteiger partial charge in [0.15, 0.2) is 0 Å². The van der Waals surface area contributed by atoms with Gasteiger partial charge in [0, 0.05) is 25.2 Å². The predicted octanol–water partition coefficient (Wildman–Crippen LogP) is 0.820. The number of hydrogen-bond donors (Lipinski definition) is 1. The summed E-state index contributed by atoms with van der Waals surface area (Å²) in [6.07, 6.45) is 7.43. The van der Waals surface area contributed by atoms with Crippen molar-refractivity contribution in [2.75, 3.05) is 19.7 Å². The zero-order valence-corrected chi connectivity index (χ0v) is 14.8. The summed E-state index contributed by atoms with van der Waals surface area (Å²) < 4.78 is 5.84. The Hall–Kier alpha value is -1.89. The number of carbonyl (C=O) groups is 2. The Kier molecular flexibility index (Phi) is 2.98. The van der Waals surface area contributed by atoms with E-state index in [0.717, 1.165) is 50.8 Å². The second kappa shape index (κ2) is 5.09. The van der Waals surface area contributed by atoms with Crippen LogP contribution < -0.4 is 0 Å². The number of ether oxygens (including phenoxy) is 1. The lowest BCUT2D eigenvalue weighted by atomic mass is 9.73. The number of fused-ring (bicyclic) bond motifs is 5. The zero-order chi connectivity index (χ0) is 17.5. The van der Waals surface area contributed by atoms with Crippen LogP contribution >= 0.6 is 0 Å². The fourth-order valence-electron chi connectivity index (χ4n) is 5.94. The van der Waals surface area contributed by atoms with Crippen LogP contribution in [0, 0.1) is 5.92 Å². The van der Waals surface area contributed by atoms with Crippen LogP contribution in [-0.4, -0.2) is 69.2 Å². The molecule has 7 heteroatoms. The lowest BCUT2D eigenvalue weighted by Gasteiger charge is -2.54. The molecule has 138 valence electrons. The van der Waals surface area contributed by atoms with E-state index in [1.165, 1.54) is 5.56 Å². The molecule has 8 rings (SSSR count). The molecule has 5 aliphatic heterocycles. The molecule has 7 aliphatic rings. The molecule has 0 radical (unpaired) electrons. The fraction of sp³-hybridized carbons (Fsp3) is 0.737. The number of aromatic amines is 1. The summed E-state index contributed by atoms with van der Waals surface area (Å²) in [6.45, 7) is 2.09. The van der Waals surface area contributed by atoms with Crippen LogP contribution in [0.25, 0.3) is 0 Å². The molecule has 3 unspecified atom stereocenters. The molecule has 0 spiro atoms. The average Bonchev–Trinajstić information content (AvgIpc) is 3.39. The van der Waals surface area contributed by atoms with Crippen molar-refractivity contribution in [1.82, 2.24) is 20.0 Å². The van der Waals surface area contributed by atoms with Crippen molar-refractivity contribution in [3.8, 4) is 0 Å². The van der Waals surface area contributed by atoms with Crippen LogP contribution in [0.2, 0.25) is 0 Å². The van der Waals surface area contributed by atoms with E-state index >= 15 is 0 Å². The van der Waals surface area contributed by atoms with E-state index in [4.69, 9.17) is 4.74 Å². The van der Waals surface area contributed by atoms with Gasteiger partial charge in [0.1, 0.15) is 5.60 Å². The van der Waals surface area contributed by atoms with Crippen LogP contribution in [0.15, 0.2) is 6.20 Å². The Balaban J connectivity index is 1.20. The lowest BCUT2D eigenvalue weighted by molar-refractivity contribution is -0.169. The Bertz CT molecular complexity index is 778. The summed E-state index contributed by atoms with van der Waals surface area (Å²) >= 11 is 0. The van der Waals surface area contributed by atoms with Crippen molar-refractivity contribution in [3.05, 3.63) is 17.5 Å². The minimum absolute atomic E-state index is 0.0832. The minimum Gasteiger partial charge on any atom is -0.365 e. The summed E-state index contributed by atoms with van der Waals surface area (Å²) in [6, 6.07) is 0.300. The molecule has 26 heavy (non-hydrogen) atoms. The molecular formula is C19H24N4O3. The van der Waals surface area contributed by atoms with E-state index in [1.54, 1.807) is 0 Å². The molecule has 7 nitrogen and oxygen atoms in total. The molecule has 0 aromatic carbocycles. The van der Waals surface area contributed by atoms with Crippen molar-refractivity contribution in [2.45, 2.75) is 62.1 Å². The van der Waals surface area contributed by atoms with Gasteiger partial charge in [0.05, 0.1) is 24.4 Å². The van der Waals surface area contributed by atoms with Crippen molar-refractivity contribution in [1.29, 1.82) is 0 Å².